The van der Waals surface area contributed by atoms with Gasteiger partial charge in [0.25, 0.3) is 0 Å². The second-order valence-corrected chi connectivity index (χ2v) is 5.08. The molecule has 0 rings (SSSR count). The van der Waals surface area contributed by atoms with E-state index in [0.29, 0.717) is 13.0 Å². The number of hydrogen-bond acceptors (Lipinski definition) is 4. The van der Waals surface area contributed by atoms with E-state index < -0.39 is 5.54 Å². The van der Waals surface area contributed by atoms with Crippen molar-refractivity contribution < 1.29 is 9.53 Å². The minimum absolute atomic E-state index is 0.289. The Kier molecular flexibility index (Phi) is 9.02. The fourth-order valence-electron chi connectivity index (χ4n) is 2.04. The third-order valence-electron chi connectivity index (χ3n) is 2.99. The first-order valence-electron chi connectivity index (χ1n) is 7.16. The van der Waals surface area contributed by atoms with Gasteiger partial charge in [0.2, 0.25) is 0 Å². The third-order valence-corrected chi connectivity index (χ3v) is 2.99. The quantitative estimate of drug-likeness (QED) is 0.610. The minimum Gasteiger partial charge on any atom is -0.465 e. The molecule has 0 saturated carbocycles. The SMILES string of the molecule is CCCN(CCC)CCCC(C)(N)C(=O)OCC. The van der Waals surface area contributed by atoms with Gasteiger partial charge in [0, 0.05) is 0 Å². The van der Waals surface area contributed by atoms with Crippen molar-refractivity contribution in [3.05, 3.63) is 0 Å². The van der Waals surface area contributed by atoms with Crippen molar-refractivity contribution in [2.75, 3.05) is 26.2 Å². The Hall–Kier alpha value is -0.610. The molecule has 0 aromatic heterocycles. The zero-order valence-corrected chi connectivity index (χ0v) is 12.5. The van der Waals surface area contributed by atoms with Crippen molar-refractivity contribution in [1.29, 1.82) is 0 Å². The van der Waals surface area contributed by atoms with Crippen LogP contribution >= 0.6 is 0 Å². The molecule has 0 amide bonds. The topological polar surface area (TPSA) is 55.6 Å². The van der Waals surface area contributed by atoms with Crippen LogP contribution in [0.2, 0.25) is 0 Å². The standard InChI is InChI=1S/C14H30N2O2/c1-5-10-16(11-6-2)12-8-9-14(4,15)13(17)18-7-3/h5-12,15H2,1-4H3. The van der Waals surface area contributed by atoms with Crippen molar-refractivity contribution in [2.24, 2.45) is 5.73 Å². The summed E-state index contributed by atoms with van der Waals surface area (Å²) in [5.41, 5.74) is 5.14. The van der Waals surface area contributed by atoms with Gasteiger partial charge in [0.15, 0.2) is 0 Å². The van der Waals surface area contributed by atoms with Gasteiger partial charge in [-0.2, -0.15) is 0 Å². The number of rotatable bonds is 10. The number of nitrogens with two attached hydrogens (primary N) is 1. The van der Waals surface area contributed by atoms with E-state index in [4.69, 9.17) is 10.5 Å². The molecular weight excluding hydrogens is 228 g/mol. The molecule has 0 aliphatic rings. The van der Waals surface area contributed by atoms with Gasteiger partial charge >= 0.3 is 5.97 Å². The van der Waals surface area contributed by atoms with Crippen molar-refractivity contribution in [1.82, 2.24) is 4.90 Å². The van der Waals surface area contributed by atoms with E-state index in [0.717, 1.165) is 38.9 Å². The molecule has 0 saturated heterocycles. The van der Waals surface area contributed by atoms with Gasteiger partial charge in [-0.1, -0.05) is 13.8 Å². The van der Waals surface area contributed by atoms with E-state index in [9.17, 15) is 4.79 Å². The Morgan fingerprint density at radius 2 is 1.72 bits per heavy atom. The number of carbonyl (C=O) groups excluding carboxylic acids is 1. The van der Waals surface area contributed by atoms with E-state index >= 15 is 0 Å². The van der Waals surface area contributed by atoms with E-state index in [1.54, 1.807) is 13.8 Å². The smallest absolute Gasteiger partial charge is 0.325 e. The summed E-state index contributed by atoms with van der Waals surface area (Å²) in [5.74, 6) is -0.289. The van der Waals surface area contributed by atoms with E-state index in [-0.39, 0.29) is 5.97 Å². The van der Waals surface area contributed by atoms with Crippen LogP contribution in [0.25, 0.3) is 0 Å². The highest BCUT2D eigenvalue weighted by molar-refractivity contribution is 5.79. The summed E-state index contributed by atoms with van der Waals surface area (Å²) in [6.45, 7) is 11.6. The molecule has 0 heterocycles. The number of carbonyl (C=O) groups is 1. The number of hydrogen-bond donors (Lipinski definition) is 1. The lowest BCUT2D eigenvalue weighted by Gasteiger charge is -2.25. The molecule has 4 nitrogen and oxygen atoms in total. The van der Waals surface area contributed by atoms with Crippen LogP contribution in [0.5, 0.6) is 0 Å². The lowest BCUT2D eigenvalue weighted by molar-refractivity contribution is -0.149. The molecule has 1 unspecified atom stereocenters. The molecular formula is C14H30N2O2. The highest BCUT2D eigenvalue weighted by Crippen LogP contribution is 2.12. The first kappa shape index (κ1) is 17.4. The predicted molar refractivity (Wildman–Crippen MR) is 75.5 cm³/mol. The Morgan fingerprint density at radius 1 is 1.17 bits per heavy atom. The van der Waals surface area contributed by atoms with Gasteiger partial charge in [0.1, 0.15) is 5.54 Å². The molecule has 1 atom stereocenters. The molecule has 0 radical (unpaired) electrons. The van der Waals surface area contributed by atoms with Gasteiger partial charge < -0.3 is 15.4 Å². The number of esters is 1. The first-order chi connectivity index (χ1) is 8.47. The maximum absolute atomic E-state index is 11.6. The zero-order valence-electron chi connectivity index (χ0n) is 12.5. The van der Waals surface area contributed by atoms with Gasteiger partial charge in [-0.15, -0.1) is 0 Å². The lowest BCUT2D eigenvalue weighted by atomic mass is 9.97. The third kappa shape index (κ3) is 6.97. The molecule has 0 aliphatic carbocycles. The van der Waals surface area contributed by atoms with Crippen LogP contribution in [0.1, 0.15) is 53.4 Å². The molecule has 2 N–H and O–H groups in total. The van der Waals surface area contributed by atoms with Crippen LogP contribution in [0, 0.1) is 0 Å². The van der Waals surface area contributed by atoms with Crippen LogP contribution in [0.3, 0.4) is 0 Å². The zero-order chi connectivity index (χ0) is 14.0. The van der Waals surface area contributed by atoms with Crippen LogP contribution in [0.15, 0.2) is 0 Å². The highest BCUT2D eigenvalue weighted by atomic mass is 16.5. The Labute approximate surface area is 112 Å². The summed E-state index contributed by atoms with van der Waals surface area (Å²) < 4.78 is 4.98. The van der Waals surface area contributed by atoms with Crippen molar-refractivity contribution in [2.45, 2.75) is 58.9 Å². The van der Waals surface area contributed by atoms with Crippen LogP contribution < -0.4 is 5.73 Å². The molecule has 0 aromatic carbocycles. The molecule has 0 fully saturated rings. The van der Waals surface area contributed by atoms with Crippen LogP contribution in [-0.4, -0.2) is 42.6 Å². The molecule has 0 spiro atoms. The number of ether oxygens (including phenoxy) is 1. The lowest BCUT2D eigenvalue weighted by Crippen LogP contribution is -2.46. The first-order valence-corrected chi connectivity index (χ1v) is 7.16. The van der Waals surface area contributed by atoms with Crippen molar-refractivity contribution in [3.63, 3.8) is 0 Å². The summed E-state index contributed by atoms with van der Waals surface area (Å²) in [7, 11) is 0. The summed E-state index contributed by atoms with van der Waals surface area (Å²) in [5, 5.41) is 0. The van der Waals surface area contributed by atoms with Crippen molar-refractivity contribution >= 4 is 5.97 Å². The molecule has 108 valence electrons. The summed E-state index contributed by atoms with van der Waals surface area (Å²) in [4.78, 5) is 14.1. The number of nitrogens with zero attached hydrogens (tertiary/aromatic N) is 1. The predicted octanol–water partition coefficient (Wildman–Crippen LogP) is 2.17. The summed E-state index contributed by atoms with van der Waals surface area (Å²) in [6, 6.07) is 0. The fourth-order valence-corrected chi connectivity index (χ4v) is 2.04. The fraction of sp³-hybridized carbons (Fsp3) is 0.929. The largest absolute Gasteiger partial charge is 0.465 e. The second-order valence-electron chi connectivity index (χ2n) is 5.08. The average molecular weight is 258 g/mol. The minimum atomic E-state index is -0.847. The van der Waals surface area contributed by atoms with Crippen LogP contribution in [-0.2, 0) is 9.53 Å². The van der Waals surface area contributed by atoms with Gasteiger partial charge in [0.05, 0.1) is 6.61 Å². The van der Waals surface area contributed by atoms with Gasteiger partial charge in [-0.25, -0.2) is 0 Å². The van der Waals surface area contributed by atoms with E-state index in [1.807, 2.05) is 0 Å². The molecule has 4 heteroatoms. The maximum Gasteiger partial charge on any atom is 0.325 e. The maximum atomic E-state index is 11.6. The van der Waals surface area contributed by atoms with Crippen molar-refractivity contribution in [3.8, 4) is 0 Å². The normalized spacial score (nSPS) is 14.6. The summed E-state index contributed by atoms with van der Waals surface area (Å²) >= 11 is 0. The summed E-state index contributed by atoms with van der Waals surface area (Å²) in [6.07, 6.45) is 3.94. The highest BCUT2D eigenvalue weighted by Gasteiger charge is 2.29. The van der Waals surface area contributed by atoms with Gasteiger partial charge in [-0.3, -0.25) is 4.79 Å². The average Bonchev–Trinajstić information content (AvgIpc) is 2.29. The van der Waals surface area contributed by atoms with Gasteiger partial charge in [-0.05, 0) is 59.2 Å². The Balaban J connectivity index is 4.02. The molecule has 0 aromatic rings. The monoisotopic (exact) mass is 258 g/mol. The molecule has 0 bridgehead atoms. The molecule has 0 aliphatic heterocycles. The van der Waals surface area contributed by atoms with Crippen LogP contribution in [0.4, 0.5) is 0 Å². The molecule has 18 heavy (non-hydrogen) atoms. The van der Waals surface area contributed by atoms with E-state index in [1.165, 1.54) is 0 Å². The Bertz CT molecular complexity index is 224. The Morgan fingerprint density at radius 3 is 2.17 bits per heavy atom. The second kappa shape index (κ2) is 9.34. The van der Waals surface area contributed by atoms with E-state index in [2.05, 4.69) is 18.7 Å².